The zero-order valence-corrected chi connectivity index (χ0v) is 30.3. The van der Waals surface area contributed by atoms with Gasteiger partial charge in [-0.3, -0.25) is 29.9 Å². The molecule has 264 valence electrons. The van der Waals surface area contributed by atoms with Gasteiger partial charge in [0.15, 0.2) is 0 Å². The molecule has 3 aliphatic heterocycles. The molecule has 6 aromatic heterocycles. The van der Waals surface area contributed by atoms with Crippen LogP contribution in [0.2, 0.25) is 0 Å². The molecule has 0 atom stereocenters. The SMILES string of the molecule is c1cnc2c(c1)c1c(c3ncccc32)N=C(c2cc(C3=Nc4c(c5cccnc5c5cccnc45)C3)cc(C3=Nc4c(c5cccnc5c5cccnc45)C3)c2)C1. The Balaban J connectivity index is 1.02. The molecule has 10 aromatic rings. The van der Waals surface area contributed by atoms with E-state index in [1.165, 1.54) is 0 Å². The number of hydrogen-bond acceptors (Lipinski definition) is 9. The van der Waals surface area contributed by atoms with E-state index >= 15 is 0 Å². The first kappa shape index (κ1) is 30.7. The van der Waals surface area contributed by atoms with E-state index < -0.39 is 0 Å². The lowest BCUT2D eigenvalue weighted by molar-refractivity contribution is 1.35. The molecule has 4 aromatic carbocycles. The van der Waals surface area contributed by atoms with Crippen LogP contribution in [0.3, 0.4) is 0 Å². The molecule has 0 radical (unpaired) electrons. The van der Waals surface area contributed by atoms with Crippen molar-refractivity contribution in [3.8, 4) is 0 Å². The maximum atomic E-state index is 5.39. The Bertz CT molecular complexity index is 3180. The van der Waals surface area contributed by atoms with Crippen LogP contribution in [0.5, 0.6) is 0 Å². The van der Waals surface area contributed by atoms with E-state index in [-0.39, 0.29) is 0 Å². The molecule has 0 spiro atoms. The monoisotopic (exact) mass is 729 g/mol. The van der Waals surface area contributed by atoms with Crippen molar-refractivity contribution in [1.82, 2.24) is 29.9 Å². The van der Waals surface area contributed by atoms with Gasteiger partial charge in [-0.05, 0) is 106 Å². The zero-order chi connectivity index (χ0) is 37.2. The standard InChI is InChI=1S/C48H27N9/c1-7-28-34-22-37(55-46(34)43-31(10-4-16-52-43)40(28)49-13-1)25-19-26(38-23-35-29-8-2-14-50-41(29)32-11-5-17-53-44(32)47(35)56-38)21-27(20-25)39-24-36-30-9-3-15-51-42(30)33-12-6-18-54-45(33)48(36)57-39/h1-21H,22-24H2. The lowest BCUT2D eigenvalue weighted by Gasteiger charge is -2.11. The molecular weight excluding hydrogens is 703 g/mol. The van der Waals surface area contributed by atoms with E-state index in [0.717, 1.165) is 133 Å². The Morgan fingerprint density at radius 3 is 0.860 bits per heavy atom. The Morgan fingerprint density at radius 1 is 0.298 bits per heavy atom. The lowest BCUT2D eigenvalue weighted by Crippen LogP contribution is -2.10. The zero-order valence-electron chi connectivity index (χ0n) is 30.3. The molecule has 0 unspecified atom stereocenters. The average Bonchev–Trinajstić information content (AvgIpc) is 4.06. The number of fused-ring (bicyclic) bond motifs is 18. The highest BCUT2D eigenvalue weighted by Gasteiger charge is 2.29. The molecule has 0 aliphatic carbocycles. The maximum absolute atomic E-state index is 5.39. The summed E-state index contributed by atoms with van der Waals surface area (Å²) in [6, 6.07) is 31.4. The topological polar surface area (TPSA) is 114 Å². The number of aromatic nitrogens is 6. The molecule has 3 aliphatic rings. The smallest absolute Gasteiger partial charge is 0.0983 e. The Kier molecular flexibility index (Phi) is 6.15. The van der Waals surface area contributed by atoms with Gasteiger partial charge in [0.2, 0.25) is 0 Å². The minimum Gasteiger partial charge on any atom is -0.256 e. The second-order valence-corrected chi connectivity index (χ2v) is 14.9. The van der Waals surface area contributed by atoms with Gasteiger partial charge in [-0.2, -0.15) is 0 Å². The highest BCUT2D eigenvalue weighted by Crippen LogP contribution is 2.45. The molecule has 0 amide bonds. The third-order valence-corrected chi connectivity index (χ3v) is 11.8. The van der Waals surface area contributed by atoms with Gasteiger partial charge in [-0.1, -0.05) is 18.2 Å². The number of hydrogen-bond donors (Lipinski definition) is 0. The van der Waals surface area contributed by atoms with Gasteiger partial charge in [0.05, 0.1) is 67.3 Å². The highest BCUT2D eigenvalue weighted by molar-refractivity contribution is 6.23. The van der Waals surface area contributed by atoms with Crippen molar-refractivity contribution >= 4 is 99.6 Å². The lowest BCUT2D eigenvalue weighted by atomic mass is 9.91. The van der Waals surface area contributed by atoms with Crippen LogP contribution in [0.4, 0.5) is 17.1 Å². The van der Waals surface area contributed by atoms with Gasteiger partial charge in [0.1, 0.15) is 0 Å². The number of pyridine rings is 6. The van der Waals surface area contributed by atoms with Crippen LogP contribution in [-0.4, -0.2) is 47.0 Å². The number of benzene rings is 4. The van der Waals surface area contributed by atoms with Gasteiger partial charge < -0.3 is 0 Å². The van der Waals surface area contributed by atoms with Crippen molar-refractivity contribution in [2.45, 2.75) is 19.3 Å². The van der Waals surface area contributed by atoms with Gasteiger partial charge in [-0.15, -0.1) is 0 Å². The Morgan fingerprint density at radius 2 is 0.561 bits per heavy atom. The summed E-state index contributed by atoms with van der Waals surface area (Å²) < 4.78 is 0. The predicted molar refractivity (Wildman–Crippen MR) is 227 cm³/mol. The molecule has 13 rings (SSSR count). The first-order chi connectivity index (χ1) is 28.2. The first-order valence-electron chi connectivity index (χ1n) is 19.1. The van der Waals surface area contributed by atoms with Crippen LogP contribution >= 0.6 is 0 Å². The summed E-state index contributed by atoms with van der Waals surface area (Å²) in [5, 5.41) is 6.34. The van der Waals surface area contributed by atoms with E-state index in [1.54, 1.807) is 0 Å². The molecule has 9 heterocycles. The molecule has 57 heavy (non-hydrogen) atoms. The predicted octanol–water partition coefficient (Wildman–Crippen LogP) is 10.0. The molecule has 0 saturated heterocycles. The van der Waals surface area contributed by atoms with Crippen molar-refractivity contribution in [3.05, 3.63) is 162 Å². The number of aliphatic imine (C=N–C) groups is 3. The van der Waals surface area contributed by atoms with Crippen molar-refractivity contribution in [2.24, 2.45) is 15.0 Å². The van der Waals surface area contributed by atoms with Gasteiger partial charge in [-0.25, -0.2) is 15.0 Å². The van der Waals surface area contributed by atoms with E-state index in [2.05, 4.69) is 54.6 Å². The minimum atomic E-state index is 0.655. The maximum Gasteiger partial charge on any atom is 0.0983 e. The number of nitrogens with zero attached hydrogens (tertiary/aromatic N) is 9. The van der Waals surface area contributed by atoms with Crippen molar-refractivity contribution in [2.75, 3.05) is 0 Å². The second kappa shape index (κ2) is 11.4. The molecule has 0 saturated carbocycles. The molecule has 0 N–H and O–H groups in total. The van der Waals surface area contributed by atoms with E-state index in [4.69, 9.17) is 44.9 Å². The second-order valence-electron chi connectivity index (χ2n) is 14.9. The summed E-state index contributed by atoms with van der Waals surface area (Å²) in [6.45, 7) is 0. The quantitative estimate of drug-likeness (QED) is 0.167. The van der Waals surface area contributed by atoms with Gasteiger partial charge in [0, 0.05) is 88.8 Å². The van der Waals surface area contributed by atoms with E-state index in [0.29, 0.717) is 19.3 Å². The molecule has 0 bridgehead atoms. The third-order valence-electron chi connectivity index (χ3n) is 11.8. The van der Waals surface area contributed by atoms with Crippen molar-refractivity contribution in [3.63, 3.8) is 0 Å². The van der Waals surface area contributed by atoms with E-state index in [1.807, 2.05) is 73.6 Å². The molecule has 9 heteroatoms. The van der Waals surface area contributed by atoms with Crippen molar-refractivity contribution in [1.29, 1.82) is 0 Å². The number of rotatable bonds is 3. The third kappa shape index (κ3) is 4.36. The summed E-state index contributed by atoms with van der Waals surface area (Å²) in [5.74, 6) is 0. The minimum absolute atomic E-state index is 0.655. The van der Waals surface area contributed by atoms with Crippen LogP contribution in [-0.2, 0) is 19.3 Å². The van der Waals surface area contributed by atoms with Crippen LogP contribution in [0.25, 0.3) is 65.4 Å². The van der Waals surface area contributed by atoms with Crippen LogP contribution in [0.15, 0.2) is 143 Å². The summed E-state index contributed by atoms with van der Waals surface area (Å²) >= 11 is 0. The highest BCUT2D eigenvalue weighted by atomic mass is 14.9. The molecule has 0 fully saturated rings. The fraction of sp³-hybridized carbons (Fsp3) is 0.0625. The molecule has 9 nitrogen and oxygen atoms in total. The van der Waals surface area contributed by atoms with E-state index in [9.17, 15) is 0 Å². The van der Waals surface area contributed by atoms with Crippen LogP contribution < -0.4 is 0 Å². The molecular formula is C48H27N9. The first-order valence-corrected chi connectivity index (χ1v) is 19.1. The van der Waals surface area contributed by atoms with Gasteiger partial charge in [0.25, 0.3) is 0 Å². The van der Waals surface area contributed by atoms with Crippen LogP contribution in [0.1, 0.15) is 33.4 Å². The Labute approximate surface area is 324 Å². The summed E-state index contributed by atoms with van der Waals surface area (Å²) in [7, 11) is 0. The summed E-state index contributed by atoms with van der Waals surface area (Å²) in [6.07, 6.45) is 13.0. The fourth-order valence-electron chi connectivity index (χ4n) is 9.31. The average molecular weight is 730 g/mol. The normalized spacial score (nSPS) is 14.4. The summed E-state index contributed by atoms with van der Waals surface area (Å²) in [4.78, 5) is 45.1. The van der Waals surface area contributed by atoms with Crippen molar-refractivity contribution < 1.29 is 0 Å². The Hall–Kier alpha value is -7.65. The van der Waals surface area contributed by atoms with Crippen LogP contribution in [0, 0.1) is 0 Å². The largest absolute Gasteiger partial charge is 0.256 e. The van der Waals surface area contributed by atoms with Gasteiger partial charge >= 0.3 is 0 Å². The summed E-state index contributed by atoms with van der Waals surface area (Å²) in [5.41, 5.74) is 17.7. The fourth-order valence-corrected chi connectivity index (χ4v) is 9.31.